The van der Waals surface area contributed by atoms with Gasteiger partial charge in [-0.2, -0.15) is 0 Å². The third kappa shape index (κ3) is 4.88. The summed E-state index contributed by atoms with van der Waals surface area (Å²) in [5.41, 5.74) is 6.03. The summed E-state index contributed by atoms with van der Waals surface area (Å²) in [4.78, 5) is 70.3. The molecular formula is C28H25N5O5. The zero-order valence-corrected chi connectivity index (χ0v) is 20.4. The molecule has 3 aromatic rings. The second-order valence-corrected chi connectivity index (χ2v) is 9.12. The van der Waals surface area contributed by atoms with Gasteiger partial charge >= 0.3 is 6.03 Å². The molecule has 0 spiro atoms. The number of piperidine rings is 1. The SMILES string of the molecule is O=C(NNC(=O)c1cccnc1)Nc1cccc2c1C(=O)C(C(=O)c1ccc(N3CCCCC3)cc1)C2=O. The van der Waals surface area contributed by atoms with Crippen LogP contribution in [0.3, 0.4) is 0 Å². The van der Waals surface area contributed by atoms with Crippen LogP contribution in [-0.4, -0.2) is 47.4 Å². The average molecular weight is 512 g/mol. The first-order valence-electron chi connectivity index (χ1n) is 12.3. The number of hydrazine groups is 1. The molecule has 1 fully saturated rings. The predicted molar refractivity (Wildman–Crippen MR) is 139 cm³/mol. The Bertz CT molecular complexity index is 1420. The van der Waals surface area contributed by atoms with Gasteiger partial charge < -0.3 is 10.2 Å². The van der Waals surface area contributed by atoms with Crippen LogP contribution < -0.4 is 21.1 Å². The molecule has 10 nitrogen and oxygen atoms in total. The van der Waals surface area contributed by atoms with Crippen molar-refractivity contribution in [1.82, 2.24) is 15.8 Å². The van der Waals surface area contributed by atoms with Gasteiger partial charge in [0.1, 0.15) is 5.92 Å². The minimum absolute atomic E-state index is 0.0328. The Balaban J connectivity index is 1.28. The number of rotatable bonds is 5. The van der Waals surface area contributed by atoms with Crippen molar-refractivity contribution >= 4 is 40.7 Å². The summed E-state index contributed by atoms with van der Waals surface area (Å²) < 4.78 is 0. The Morgan fingerprint density at radius 2 is 1.58 bits per heavy atom. The summed E-state index contributed by atoms with van der Waals surface area (Å²) in [5, 5.41) is 2.47. The first kappa shape index (κ1) is 24.8. The molecule has 2 heterocycles. The predicted octanol–water partition coefficient (Wildman–Crippen LogP) is 3.42. The molecule has 5 rings (SSSR count). The lowest BCUT2D eigenvalue weighted by molar-refractivity contribution is 0.0755. The van der Waals surface area contributed by atoms with Gasteiger partial charge in [-0.25, -0.2) is 10.2 Å². The number of amides is 3. The molecule has 38 heavy (non-hydrogen) atoms. The van der Waals surface area contributed by atoms with Crippen LogP contribution >= 0.6 is 0 Å². The number of Topliss-reactive ketones (excluding diaryl/α,β-unsaturated/α-hetero) is 3. The topological polar surface area (TPSA) is 138 Å². The molecule has 1 atom stereocenters. The second-order valence-electron chi connectivity index (χ2n) is 9.12. The molecule has 10 heteroatoms. The number of anilines is 2. The Hall–Kier alpha value is -4.86. The van der Waals surface area contributed by atoms with Gasteiger partial charge in [-0.05, 0) is 61.7 Å². The van der Waals surface area contributed by atoms with Crippen LogP contribution in [0.4, 0.5) is 16.2 Å². The van der Waals surface area contributed by atoms with Crippen molar-refractivity contribution in [1.29, 1.82) is 0 Å². The number of nitrogens with zero attached hydrogens (tertiary/aromatic N) is 2. The zero-order valence-electron chi connectivity index (χ0n) is 20.4. The minimum atomic E-state index is -1.51. The van der Waals surface area contributed by atoms with Crippen LogP contribution in [0.25, 0.3) is 0 Å². The number of aromatic nitrogens is 1. The fraction of sp³-hybridized carbons (Fsp3) is 0.214. The maximum absolute atomic E-state index is 13.3. The molecule has 1 aliphatic heterocycles. The number of carbonyl (C=O) groups excluding carboxylic acids is 5. The van der Waals surface area contributed by atoms with E-state index in [-0.39, 0.29) is 27.9 Å². The van der Waals surface area contributed by atoms with Gasteiger partial charge in [0, 0.05) is 42.3 Å². The maximum Gasteiger partial charge on any atom is 0.337 e. The lowest BCUT2D eigenvalue weighted by Crippen LogP contribution is -2.44. The van der Waals surface area contributed by atoms with Crippen molar-refractivity contribution in [2.24, 2.45) is 5.92 Å². The molecule has 1 saturated heterocycles. The number of ketones is 3. The van der Waals surface area contributed by atoms with E-state index in [9.17, 15) is 24.0 Å². The average Bonchev–Trinajstić information content (AvgIpc) is 3.22. The minimum Gasteiger partial charge on any atom is -0.372 e. The Morgan fingerprint density at radius 1 is 0.816 bits per heavy atom. The van der Waals surface area contributed by atoms with Gasteiger partial charge in [0.15, 0.2) is 17.3 Å². The number of hydrogen-bond donors (Lipinski definition) is 3. The van der Waals surface area contributed by atoms with E-state index in [2.05, 4.69) is 26.1 Å². The third-order valence-electron chi connectivity index (χ3n) is 6.70. The van der Waals surface area contributed by atoms with Crippen LogP contribution in [0, 0.1) is 5.92 Å². The van der Waals surface area contributed by atoms with Crippen molar-refractivity contribution < 1.29 is 24.0 Å². The number of hydrogen-bond acceptors (Lipinski definition) is 7. The highest BCUT2D eigenvalue weighted by Crippen LogP contribution is 2.34. The summed E-state index contributed by atoms with van der Waals surface area (Å²) in [6.07, 6.45) is 6.29. The fourth-order valence-electron chi connectivity index (χ4n) is 4.78. The number of benzene rings is 2. The largest absolute Gasteiger partial charge is 0.372 e. The van der Waals surface area contributed by atoms with Crippen molar-refractivity contribution in [3.05, 3.63) is 89.2 Å². The van der Waals surface area contributed by atoms with Gasteiger partial charge in [-0.15, -0.1) is 0 Å². The van der Waals surface area contributed by atoms with Gasteiger partial charge in [-0.1, -0.05) is 12.1 Å². The van der Waals surface area contributed by atoms with Gasteiger partial charge in [0.05, 0.1) is 16.8 Å². The van der Waals surface area contributed by atoms with Crippen LogP contribution in [0.1, 0.15) is 60.7 Å². The van der Waals surface area contributed by atoms with Crippen molar-refractivity contribution in [2.45, 2.75) is 19.3 Å². The van der Waals surface area contributed by atoms with Gasteiger partial charge in [0.25, 0.3) is 5.91 Å². The Labute approximate surface area is 218 Å². The fourth-order valence-corrected chi connectivity index (χ4v) is 4.78. The van der Waals surface area contributed by atoms with Crippen molar-refractivity contribution in [2.75, 3.05) is 23.3 Å². The van der Waals surface area contributed by atoms with Crippen LogP contribution in [-0.2, 0) is 0 Å². The van der Waals surface area contributed by atoms with Gasteiger partial charge in [-0.3, -0.25) is 29.6 Å². The van der Waals surface area contributed by atoms with Crippen molar-refractivity contribution in [3.63, 3.8) is 0 Å². The summed E-state index contributed by atoms with van der Waals surface area (Å²) in [6, 6.07) is 13.6. The van der Waals surface area contributed by atoms with Crippen LogP contribution in [0.15, 0.2) is 67.0 Å². The molecule has 3 N–H and O–H groups in total. The van der Waals surface area contributed by atoms with E-state index in [1.165, 1.54) is 43.1 Å². The summed E-state index contributed by atoms with van der Waals surface area (Å²) >= 11 is 0. The smallest absolute Gasteiger partial charge is 0.337 e. The highest BCUT2D eigenvalue weighted by atomic mass is 16.2. The monoisotopic (exact) mass is 511 g/mol. The quantitative estimate of drug-likeness (QED) is 0.271. The second kappa shape index (κ2) is 10.6. The van der Waals surface area contributed by atoms with Crippen LogP contribution in [0.2, 0.25) is 0 Å². The molecule has 0 bridgehead atoms. The molecule has 0 radical (unpaired) electrons. The maximum atomic E-state index is 13.3. The first-order valence-corrected chi connectivity index (χ1v) is 12.3. The summed E-state index contributed by atoms with van der Waals surface area (Å²) in [6.45, 7) is 1.91. The standard InChI is InChI=1S/C28H25N5O5/c34-24(17-9-11-19(12-10-17)33-14-2-1-3-15-33)23-25(35)20-7-4-8-21(22(20)26(23)36)30-28(38)32-31-27(37)18-6-5-13-29-16-18/h4-13,16,23H,1-3,14-15H2,(H,31,37)(H2,30,32,38). The Kier molecular flexibility index (Phi) is 6.94. The molecule has 1 unspecified atom stereocenters. The highest BCUT2D eigenvalue weighted by Gasteiger charge is 2.45. The summed E-state index contributed by atoms with van der Waals surface area (Å²) in [7, 11) is 0. The first-order chi connectivity index (χ1) is 18.4. The number of pyridine rings is 1. The lowest BCUT2D eigenvalue weighted by atomic mass is 9.93. The molecule has 2 aliphatic rings. The van der Waals surface area contributed by atoms with E-state index >= 15 is 0 Å². The van der Waals surface area contributed by atoms with E-state index < -0.39 is 35.2 Å². The van der Waals surface area contributed by atoms with E-state index in [1.807, 2.05) is 12.1 Å². The van der Waals surface area contributed by atoms with E-state index in [0.717, 1.165) is 31.6 Å². The number of urea groups is 1. The van der Waals surface area contributed by atoms with Crippen molar-refractivity contribution in [3.8, 4) is 0 Å². The molecule has 0 saturated carbocycles. The molecule has 192 valence electrons. The van der Waals surface area contributed by atoms with E-state index in [0.29, 0.717) is 0 Å². The van der Waals surface area contributed by atoms with Crippen LogP contribution in [0.5, 0.6) is 0 Å². The number of nitrogens with one attached hydrogen (secondary N) is 3. The summed E-state index contributed by atoms with van der Waals surface area (Å²) in [5.74, 6) is -3.97. The lowest BCUT2D eigenvalue weighted by Gasteiger charge is -2.28. The molecule has 1 aromatic heterocycles. The molecule has 3 amide bonds. The normalized spacial score (nSPS) is 16.5. The molecule has 2 aromatic carbocycles. The Morgan fingerprint density at radius 3 is 2.29 bits per heavy atom. The zero-order chi connectivity index (χ0) is 26.6. The molecular weight excluding hydrogens is 486 g/mol. The number of carbonyl (C=O) groups is 5. The highest BCUT2D eigenvalue weighted by molar-refractivity contribution is 6.39. The molecule has 1 aliphatic carbocycles. The van der Waals surface area contributed by atoms with E-state index in [4.69, 9.17) is 0 Å². The van der Waals surface area contributed by atoms with Gasteiger partial charge in [0.2, 0.25) is 0 Å². The number of fused-ring (bicyclic) bond motifs is 1. The van der Waals surface area contributed by atoms with E-state index in [1.54, 1.807) is 18.2 Å². The third-order valence-corrected chi connectivity index (χ3v) is 6.70.